The second-order valence-electron chi connectivity index (χ2n) is 4.99. The van der Waals surface area contributed by atoms with Crippen molar-refractivity contribution in [2.45, 2.75) is 66.5 Å². The maximum absolute atomic E-state index is 11.8. The fraction of sp³-hybridized carbons (Fsp3) is 0.929. The third-order valence-corrected chi connectivity index (χ3v) is 3.11. The molecule has 17 heavy (non-hydrogen) atoms. The van der Waals surface area contributed by atoms with Gasteiger partial charge in [0.2, 0.25) is 0 Å². The summed E-state index contributed by atoms with van der Waals surface area (Å²) in [4.78, 5) is 14.1. The molecule has 0 aliphatic heterocycles. The van der Waals surface area contributed by atoms with Crippen molar-refractivity contribution in [3.05, 3.63) is 0 Å². The molecule has 1 unspecified atom stereocenters. The standard InChI is InChI=1S/C14H29NO2/c1-7-13(8-2)15(10-11(4)5)12(6)14(16)17-9-3/h11-13H,7-10H2,1-6H3. The molecule has 0 aromatic rings. The summed E-state index contributed by atoms with van der Waals surface area (Å²) in [6, 6.07) is 0.332. The summed E-state index contributed by atoms with van der Waals surface area (Å²) >= 11 is 0. The zero-order valence-corrected chi connectivity index (χ0v) is 12.3. The van der Waals surface area contributed by atoms with E-state index in [4.69, 9.17) is 4.74 Å². The van der Waals surface area contributed by atoms with E-state index < -0.39 is 0 Å². The molecule has 1 atom stereocenters. The Morgan fingerprint density at radius 1 is 1.12 bits per heavy atom. The number of rotatable bonds is 8. The summed E-state index contributed by atoms with van der Waals surface area (Å²) in [6.07, 6.45) is 2.15. The molecule has 0 radical (unpaired) electrons. The molecule has 0 fully saturated rings. The molecule has 0 N–H and O–H groups in total. The van der Waals surface area contributed by atoms with Gasteiger partial charge in [0.25, 0.3) is 0 Å². The molecule has 0 spiro atoms. The Labute approximate surface area is 107 Å². The van der Waals surface area contributed by atoms with E-state index in [1.165, 1.54) is 0 Å². The fourth-order valence-corrected chi connectivity index (χ4v) is 2.20. The van der Waals surface area contributed by atoms with Crippen LogP contribution in [0.15, 0.2) is 0 Å². The van der Waals surface area contributed by atoms with Gasteiger partial charge in [-0.2, -0.15) is 0 Å². The van der Waals surface area contributed by atoms with Crippen LogP contribution in [0.4, 0.5) is 0 Å². The molecule has 3 nitrogen and oxygen atoms in total. The summed E-state index contributed by atoms with van der Waals surface area (Å²) in [7, 11) is 0. The van der Waals surface area contributed by atoms with Crippen LogP contribution < -0.4 is 0 Å². The van der Waals surface area contributed by atoms with Gasteiger partial charge in [0, 0.05) is 12.6 Å². The molecule has 102 valence electrons. The topological polar surface area (TPSA) is 29.5 Å². The second kappa shape index (κ2) is 8.51. The minimum atomic E-state index is -0.137. The lowest BCUT2D eigenvalue weighted by atomic mass is 10.0. The van der Waals surface area contributed by atoms with Crippen LogP contribution in [0.2, 0.25) is 0 Å². The van der Waals surface area contributed by atoms with E-state index in [-0.39, 0.29) is 12.0 Å². The highest BCUT2D eigenvalue weighted by Gasteiger charge is 2.27. The highest BCUT2D eigenvalue weighted by molar-refractivity contribution is 5.75. The Bertz CT molecular complexity index is 212. The number of ether oxygens (including phenoxy) is 1. The van der Waals surface area contributed by atoms with E-state index in [9.17, 15) is 4.79 Å². The number of hydrogen-bond acceptors (Lipinski definition) is 3. The fourth-order valence-electron chi connectivity index (χ4n) is 2.20. The van der Waals surface area contributed by atoms with E-state index in [1.54, 1.807) is 0 Å². The zero-order chi connectivity index (χ0) is 13.4. The highest BCUT2D eigenvalue weighted by atomic mass is 16.5. The smallest absolute Gasteiger partial charge is 0.323 e. The molecule has 0 aromatic heterocycles. The van der Waals surface area contributed by atoms with Crippen molar-refractivity contribution in [1.29, 1.82) is 0 Å². The van der Waals surface area contributed by atoms with Gasteiger partial charge in [0.05, 0.1) is 6.61 Å². The molecule has 0 aliphatic carbocycles. The van der Waals surface area contributed by atoms with Crippen LogP contribution in [-0.2, 0) is 9.53 Å². The van der Waals surface area contributed by atoms with Gasteiger partial charge in [-0.05, 0) is 32.6 Å². The molecule has 0 amide bonds. The van der Waals surface area contributed by atoms with Gasteiger partial charge < -0.3 is 4.74 Å². The number of carbonyl (C=O) groups is 1. The summed E-state index contributed by atoms with van der Waals surface area (Å²) in [5.41, 5.74) is 0. The number of carbonyl (C=O) groups excluding carboxylic acids is 1. The SMILES string of the molecule is CCOC(=O)C(C)N(CC(C)C)C(CC)CC. The highest BCUT2D eigenvalue weighted by Crippen LogP contribution is 2.16. The Hall–Kier alpha value is -0.570. The molecule has 0 saturated heterocycles. The normalized spacial score (nSPS) is 13.5. The van der Waals surface area contributed by atoms with Gasteiger partial charge in [-0.25, -0.2) is 0 Å². The van der Waals surface area contributed by atoms with Crippen molar-refractivity contribution in [1.82, 2.24) is 4.90 Å². The molecule has 0 aromatic carbocycles. The van der Waals surface area contributed by atoms with E-state index in [2.05, 4.69) is 32.6 Å². The first kappa shape index (κ1) is 16.4. The summed E-state index contributed by atoms with van der Waals surface area (Å²) < 4.78 is 5.12. The van der Waals surface area contributed by atoms with Crippen LogP contribution in [0.1, 0.15) is 54.4 Å². The Kier molecular flexibility index (Phi) is 8.23. The van der Waals surface area contributed by atoms with Gasteiger partial charge in [-0.15, -0.1) is 0 Å². The van der Waals surface area contributed by atoms with Gasteiger partial charge in [0.1, 0.15) is 6.04 Å². The lowest BCUT2D eigenvalue weighted by Gasteiger charge is -2.35. The largest absolute Gasteiger partial charge is 0.465 e. The predicted octanol–water partition coefficient (Wildman–Crippen LogP) is 3.08. The number of esters is 1. The van der Waals surface area contributed by atoms with E-state index in [1.807, 2.05) is 13.8 Å². The first-order valence-electron chi connectivity index (χ1n) is 6.90. The first-order valence-corrected chi connectivity index (χ1v) is 6.90. The van der Waals surface area contributed by atoms with Gasteiger partial charge in [0.15, 0.2) is 0 Å². The van der Waals surface area contributed by atoms with E-state index >= 15 is 0 Å². The van der Waals surface area contributed by atoms with Gasteiger partial charge in [-0.1, -0.05) is 27.7 Å². The number of hydrogen-bond donors (Lipinski definition) is 0. The van der Waals surface area contributed by atoms with E-state index in [0.717, 1.165) is 19.4 Å². The number of nitrogens with zero attached hydrogens (tertiary/aromatic N) is 1. The third-order valence-electron chi connectivity index (χ3n) is 3.11. The lowest BCUT2D eigenvalue weighted by molar-refractivity contribution is -0.150. The Morgan fingerprint density at radius 2 is 1.65 bits per heavy atom. The molecule has 0 heterocycles. The quantitative estimate of drug-likeness (QED) is 0.614. The summed E-state index contributed by atoms with van der Waals surface area (Å²) in [5.74, 6) is 0.465. The van der Waals surface area contributed by atoms with Crippen LogP contribution in [0.25, 0.3) is 0 Å². The van der Waals surface area contributed by atoms with Crippen molar-refractivity contribution < 1.29 is 9.53 Å². The molecular formula is C14H29NO2. The second-order valence-corrected chi connectivity index (χ2v) is 4.99. The molecular weight excluding hydrogens is 214 g/mol. The van der Waals surface area contributed by atoms with Crippen molar-refractivity contribution in [3.8, 4) is 0 Å². The minimum absolute atomic E-state index is 0.0972. The Balaban J connectivity index is 4.70. The average Bonchev–Trinajstić information content (AvgIpc) is 2.28. The maximum atomic E-state index is 11.8. The van der Waals surface area contributed by atoms with Crippen LogP contribution in [0.3, 0.4) is 0 Å². The maximum Gasteiger partial charge on any atom is 0.323 e. The van der Waals surface area contributed by atoms with Crippen LogP contribution in [0, 0.1) is 5.92 Å². The van der Waals surface area contributed by atoms with Gasteiger partial charge in [-0.3, -0.25) is 9.69 Å². The molecule has 0 rings (SSSR count). The predicted molar refractivity (Wildman–Crippen MR) is 72.0 cm³/mol. The third kappa shape index (κ3) is 5.53. The van der Waals surface area contributed by atoms with Crippen LogP contribution in [-0.4, -0.2) is 36.1 Å². The summed E-state index contributed by atoms with van der Waals surface area (Å²) in [6.45, 7) is 14.0. The van der Waals surface area contributed by atoms with Crippen molar-refractivity contribution in [2.75, 3.05) is 13.2 Å². The van der Waals surface area contributed by atoms with Crippen LogP contribution in [0.5, 0.6) is 0 Å². The monoisotopic (exact) mass is 243 g/mol. The zero-order valence-electron chi connectivity index (χ0n) is 12.3. The van der Waals surface area contributed by atoms with E-state index in [0.29, 0.717) is 18.6 Å². The lowest BCUT2D eigenvalue weighted by Crippen LogP contribution is -2.47. The van der Waals surface area contributed by atoms with Crippen molar-refractivity contribution >= 4 is 5.97 Å². The van der Waals surface area contributed by atoms with Crippen molar-refractivity contribution in [2.24, 2.45) is 5.92 Å². The molecule has 0 aliphatic rings. The van der Waals surface area contributed by atoms with Gasteiger partial charge >= 0.3 is 5.97 Å². The molecule has 3 heteroatoms. The molecule has 0 bridgehead atoms. The average molecular weight is 243 g/mol. The first-order chi connectivity index (χ1) is 7.97. The summed E-state index contributed by atoms with van der Waals surface area (Å²) in [5, 5.41) is 0. The molecule has 0 saturated carbocycles. The Morgan fingerprint density at radius 3 is 2.00 bits per heavy atom. The minimum Gasteiger partial charge on any atom is -0.465 e. The van der Waals surface area contributed by atoms with Crippen LogP contribution >= 0.6 is 0 Å². The van der Waals surface area contributed by atoms with Crippen molar-refractivity contribution in [3.63, 3.8) is 0 Å².